The van der Waals surface area contributed by atoms with Gasteiger partial charge < -0.3 is 0 Å². The van der Waals surface area contributed by atoms with Gasteiger partial charge in [0.25, 0.3) is 5.83 Å². The molecule has 1 aliphatic heterocycles. The SMILES string of the molecule is FC(=C(F)C(F)(F)F)N1C(F)(F)C(F)(F)C(F)(F)C1(F)F. The van der Waals surface area contributed by atoms with Gasteiger partial charge in [0.1, 0.15) is 0 Å². The van der Waals surface area contributed by atoms with E-state index in [1.165, 1.54) is 0 Å². The van der Waals surface area contributed by atoms with Crippen LogP contribution in [-0.2, 0) is 0 Å². The second-order valence-corrected chi connectivity index (χ2v) is 3.67. The van der Waals surface area contributed by atoms with Crippen molar-refractivity contribution in [3.05, 3.63) is 11.8 Å². The highest BCUT2D eigenvalue weighted by molar-refractivity contribution is 5.20. The summed E-state index contributed by atoms with van der Waals surface area (Å²) >= 11 is 0. The van der Waals surface area contributed by atoms with Gasteiger partial charge in [0.15, 0.2) is 0 Å². The van der Waals surface area contributed by atoms with Crippen molar-refractivity contribution in [2.75, 3.05) is 0 Å². The topological polar surface area (TPSA) is 3.24 Å². The van der Waals surface area contributed by atoms with E-state index in [0.717, 1.165) is 0 Å². The number of allylic oxidation sites excluding steroid dienone is 1. The van der Waals surface area contributed by atoms with Gasteiger partial charge in [0.05, 0.1) is 0 Å². The molecule has 0 radical (unpaired) electrons. The second kappa shape index (κ2) is 4.09. The molecule has 1 fully saturated rings. The number of hydrogen-bond acceptors (Lipinski definition) is 1. The molecular weight excluding hydrogens is 345 g/mol. The Hall–Kier alpha value is -1.37. The van der Waals surface area contributed by atoms with E-state index in [1.54, 1.807) is 0 Å². The third kappa shape index (κ3) is 1.93. The molecule has 1 nitrogen and oxygen atoms in total. The maximum absolute atomic E-state index is 12.8. The summed E-state index contributed by atoms with van der Waals surface area (Å²) in [6.07, 6.45) is -6.48. The van der Waals surface area contributed by atoms with Gasteiger partial charge in [-0.15, -0.1) is 0 Å². The van der Waals surface area contributed by atoms with Crippen LogP contribution in [0.3, 0.4) is 0 Å². The third-order valence-corrected chi connectivity index (χ3v) is 2.34. The van der Waals surface area contributed by atoms with Crippen LogP contribution < -0.4 is 0 Å². The highest BCUT2D eigenvalue weighted by Gasteiger charge is 2.94. The van der Waals surface area contributed by atoms with E-state index in [4.69, 9.17) is 0 Å². The van der Waals surface area contributed by atoms with Crippen molar-refractivity contribution in [3.63, 3.8) is 0 Å². The summed E-state index contributed by atoms with van der Waals surface area (Å²) in [6, 6.07) is -13.7. The summed E-state index contributed by atoms with van der Waals surface area (Å²) in [5.74, 6) is -22.5. The third-order valence-electron chi connectivity index (χ3n) is 2.34. The Morgan fingerprint density at radius 3 is 1.19 bits per heavy atom. The summed E-state index contributed by atoms with van der Waals surface area (Å²) in [6.45, 7) is 0. The quantitative estimate of drug-likeness (QED) is 0.502. The van der Waals surface area contributed by atoms with Crippen LogP contribution in [0.25, 0.3) is 0 Å². The molecule has 0 N–H and O–H groups in total. The first-order valence-electron chi connectivity index (χ1n) is 4.38. The van der Waals surface area contributed by atoms with Crippen LogP contribution in [0.1, 0.15) is 0 Å². The zero-order chi connectivity index (χ0) is 17.2. The van der Waals surface area contributed by atoms with Crippen molar-refractivity contribution in [1.29, 1.82) is 0 Å². The molecule has 0 bridgehead atoms. The highest BCUT2D eigenvalue weighted by Crippen LogP contribution is 2.64. The first-order chi connectivity index (χ1) is 8.94. The van der Waals surface area contributed by atoms with E-state index in [1.807, 2.05) is 0 Å². The average Bonchev–Trinajstić information content (AvgIpc) is 2.30. The first kappa shape index (κ1) is 17.7. The molecule has 1 saturated heterocycles. The van der Waals surface area contributed by atoms with Crippen LogP contribution in [0.2, 0.25) is 0 Å². The second-order valence-electron chi connectivity index (χ2n) is 3.67. The summed E-state index contributed by atoms with van der Waals surface area (Å²) in [5.41, 5.74) is 0. The van der Waals surface area contributed by atoms with Gasteiger partial charge in [-0.3, -0.25) is 0 Å². The average molecular weight is 345 g/mol. The van der Waals surface area contributed by atoms with Crippen LogP contribution in [0.4, 0.5) is 57.1 Å². The monoisotopic (exact) mass is 345 g/mol. The van der Waals surface area contributed by atoms with Crippen LogP contribution in [0, 0.1) is 0 Å². The van der Waals surface area contributed by atoms with Crippen molar-refractivity contribution in [1.82, 2.24) is 4.90 Å². The van der Waals surface area contributed by atoms with Crippen molar-refractivity contribution >= 4 is 0 Å². The first-order valence-corrected chi connectivity index (χ1v) is 4.38. The smallest absolute Gasteiger partial charge is 0.215 e. The van der Waals surface area contributed by atoms with Crippen molar-refractivity contribution in [2.24, 2.45) is 0 Å². The lowest BCUT2D eigenvalue weighted by Gasteiger charge is -2.28. The van der Waals surface area contributed by atoms with Gasteiger partial charge >= 0.3 is 30.1 Å². The fraction of sp³-hybridized carbons (Fsp3) is 0.714. The molecule has 1 aliphatic rings. The molecule has 0 unspecified atom stereocenters. The van der Waals surface area contributed by atoms with Gasteiger partial charge in [-0.2, -0.15) is 57.1 Å². The summed E-state index contributed by atoms with van der Waals surface area (Å²) in [7, 11) is 0. The van der Waals surface area contributed by atoms with E-state index in [-0.39, 0.29) is 0 Å². The predicted molar refractivity (Wildman–Crippen MR) is 36.9 cm³/mol. The van der Waals surface area contributed by atoms with Crippen molar-refractivity contribution in [3.8, 4) is 0 Å². The number of nitrogens with zero attached hydrogens (tertiary/aromatic N) is 1. The Kier molecular flexibility index (Phi) is 3.44. The fourth-order valence-corrected chi connectivity index (χ4v) is 1.30. The molecule has 0 amide bonds. The molecule has 21 heavy (non-hydrogen) atoms. The van der Waals surface area contributed by atoms with Crippen LogP contribution in [-0.4, -0.2) is 35.0 Å². The molecule has 0 aromatic rings. The normalized spacial score (nSPS) is 27.6. The largest absolute Gasteiger partial charge is 0.447 e. The number of hydrogen-bond donors (Lipinski definition) is 0. The van der Waals surface area contributed by atoms with E-state index in [0.29, 0.717) is 0 Å². The van der Waals surface area contributed by atoms with Gasteiger partial charge in [0, 0.05) is 0 Å². The molecular formula is C7F13N. The number of alkyl halides is 11. The summed E-state index contributed by atoms with van der Waals surface area (Å²) in [4.78, 5) is -3.22. The lowest BCUT2D eigenvalue weighted by atomic mass is 10.2. The minimum Gasteiger partial charge on any atom is -0.215 e. The Morgan fingerprint density at radius 1 is 0.667 bits per heavy atom. The summed E-state index contributed by atoms with van der Waals surface area (Å²) in [5, 5.41) is 0. The van der Waals surface area contributed by atoms with Crippen LogP contribution in [0.15, 0.2) is 11.8 Å². The Bertz CT molecular complexity index is 445. The Labute approximate surface area is 105 Å². The molecule has 0 saturated carbocycles. The van der Waals surface area contributed by atoms with Crippen molar-refractivity contribution in [2.45, 2.75) is 30.1 Å². The lowest BCUT2D eigenvalue weighted by Crippen LogP contribution is -2.51. The Balaban J connectivity index is 3.64. The molecule has 0 aromatic carbocycles. The van der Waals surface area contributed by atoms with Gasteiger partial charge in [-0.1, -0.05) is 0 Å². The molecule has 0 aromatic heterocycles. The minimum atomic E-state index is -6.97. The maximum atomic E-state index is 12.8. The summed E-state index contributed by atoms with van der Waals surface area (Å²) < 4.78 is 161. The lowest BCUT2D eigenvalue weighted by molar-refractivity contribution is -0.303. The van der Waals surface area contributed by atoms with E-state index < -0.39 is 46.8 Å². The van der Waals surface area contributed by atoms with E-state index in [2.05, 4.69) is 0 Å². The van der Waals surface area contributed by atoms with Gasteiger partial charge in [0.2, 0.25) is 5.95 Å². The molecule has 1 heterocycles. The molecule has 1 rings (SSSR count). The molecule has 0 atom stereocenters. The zero-order valence-electron chi connectivity index (χ0n) is 8.86. The molecule has 124 valence electrons. The fourth-order valence-electron chi connectivity index (χ4n) is 1.30. The van der Waals surface area contributed by atoms with Crippen LogP contribution >= 0.6 is 0 Å². The predicted octanol–water partition coefficient (Wildman–Crippen LogP) is 4.43. The van der Waals surface area contributed by atoms with Crippen molar-refractivity contribution < 1.29 is 57.1 Å². The number of likely N-dealkylation sites (tertiary alicyclic amines) is 1. The minimum absolute atomic E-state index is 3.22. The van der Waals surface area contributed by atoms with E-state index in [9.17, 15) is 57.1 Å². The molecule has 14 heteroatoms. The Morgan fingerprint density at radius 2 is 0.952 bits per heavy atom. The molecule has 0 aliphatic carbocycles. The van der Waals surface area contributed by atoms with Crippen LogP contribution in [0.5, 0.6) is 0 Å². The van der Waals surface area contributed by atoms with Gasteiger partial charge in [-0.05, 0) is 0 Å². The highest BCUT2D eigenvalue weighted by atomic mass is 19.4. The standard InChI is InChI=1S/C7F13N/c8-1(3(10,11)12)2(9)21-6(17,18)4(13,14)5(15,16)7(21,19)20. The number of rotatable bonds is 1. The zero-order valence-corrected chi connectivity index (χ0v) is 8.86. The number of halogens is 13. The molecule has 0 spiro atoms. The maximum Gasteiger partial charge on any atom is 0.447 e. The van der Waals surface area contributed by atoms with E-state index >= 15 is 0 Å². The van der Waals surface area contributed by atoms with Gasteiger partial charge in [-0.25, -0.2) is 4.90 Å².